The predicted molar refractivity (Wildman–Crippen MR) is 78.4 cm³/mol. The van der Waals surface area contributed by atoms with Crippen LogP contribution in [0.15, 0.2) is 0 Å². The minimum Gasteiger partial charge on any atom is -0.375 e. The number of nitrogens with zero attached hydrogens (tertiary/aromatic N) is 1. The molecule has 1 aliphatic carbocycles. The van der Waals surface area contributed by atoms with Crippen molar-refractivity contribution in [3.8, 4) is 0 Å². The molecule has 1 unspecified atom stereocenters. The van der Waals surface area contributed by atoms with Gasteiger partial charge in [0.1, 0.15) is 0 Å². The summed E-state index contributed by atoms with van der Waals surface area (Å²) < 4.78 is 6.26. The topological polar surface area (TPSA) is 24.5 Å². The maximum Gasteiger partial charge on any atom is 0.0603 e. The third kappa shape index (κ3) is 3.71. The quantitative estimate of drug-likeness (QED) is 0.846. The zero-order valence-corrected chi connectivity index (χ0v) is 12.5. The van der Waals surface area contributed by atoms with Gasteiger partial charge >= 0.3 is 0 Å². The lowest BCUT2D eigenvalue weighted by molar-refractivity contribution is -0.0426. The van der Waals surface area contributed by atoms with Crippen LogP contribution in [0.4, 0.5) is 0 Å². The Morgan fingerprint density at radius 3 is 2.42 bits per heavy atom. The number of nitrogens with one attached hydrogen (secondary N) is 1. The SMILES string of the molecule is CC1(CN2CCC(OC3CCCC3)CC2)CCNC1. The van der Waals surface area contributed by atoms with Crippen molar-refractivity contribution >= 4 is 0 Å². The van der Waals surface area contributed by atoms with Crippen molar-refractivity contribution in [1.29, 1.82) is 0 Å². The summed E-state index contributed by atoms with van der Waals surface area (Å²) in [7, 11) is 0. The van der Waals surface area contributed by atoms with Gasteiger partial charge in [0.15, 0.2) is 0 Å². The molecular weight excluding hydrogens is 236 g/mol. The molecule has 2 aliphatic heterocycles. The molecule has 1 saturated carbocycles. The number of hydrogen-bond donors (Lipinski definition) is 1. The largest absolute Gasteiger partial charge is 0.375 e. The predicted octanol–water partition coefficient (Wildman–Crippen LogP) is 2.41. The molecule has 1 atom stereocenters. The number of rotatable bonds is 4. The fourth-order valence-corrected chi connectivity index (χ4v) is 4.04. The van der Waals surface area contributed by atoms with Gasteiger partial charge in [-0.2, -0.15) is 0 Å². The zero-order chi connectivity index (χ0) is 13.1. The van der Waals surface area contributed by atoms with E-state index in [0.29, 0.717) is 17.6 Å². The maximum atomic E-state index is 6.26. The smallest absolute Gasteiger partial charge is 0.0603 e. The van der Waals surface area contributed by atoms with Crippen LogP contribution in [0, 0.1) is 5.41 Å². The first-order valence-electron chi connectivity index (χ1n) is 8.32. The molecule has 1 N–H and O–H groups in total. The molecule has 0 aromatic rings. The summed E-state index contributed by atoms with van der Waals surface area (Å²) in [5, 5.41) is 3.51. The summed E-state index contributed by atoms with van der Waals surface area (Å²) in [6.07, 6.45) is 10.4. The first-order chi connectivity index (χ1) is 9.23. The highest BCUT2D eigenvalue weighted by Crippen LogP contribution is 2.29. The summed E-state index contributed by atoms with van der Waals surface area (Å²) >= 11 is 0. The van der Waals surface area contributed by atoms with Crippen molar-refractivity contribution in [1.82, 2.24) is 10.2 Å². The van der Waals surface area contributed by atoms with Crippen LogP contribution in [-0.2, 0) is 4.74 Å². The van der Waals surface area contributed by atoms with Crippen LogP contribution >= 0.6 is 0 Å². The summed E-state index contributed by atoms with van der Waals surface area (Å²) in [6.45, 7) is 8.60. The first kappa shape index (κ1) is 13.8. The Morgan fingerprint density at radius 2 is 1.79 bits per heavy atom. The molecule has 0 spiro atoms. The maximum absolute atomic E-state index is 6.26. The van der Waals surface area contributed by atoms with Crippen molar-refractivity contribution in [3.63, 3.8) is 0 Å². The lowest BCUT2D eigenvalue weighted by Crippen LogP contribution is -2.44. The molecule has 3 aliphatic rings. The number of piperidine rings is 1. The molecule has 3 rings (SSSR count). The second-order valence-corrected chi connectivity index (χ2v) is 7.26. The molecule has 0 aromatic heterocycles. The Hall–Kier alpha value is -0.120. The van der Waals surface area contributed by atoms with E-state index in [1.54, 1.807) is 0 Å². The van der Waals surface area contributed by atoms with Gasteiger partial charge in [-0.1, -0.05) is 19.8 Å². The molecule has 2 heterocycles. The van der Waals surface area contributed by atoms with Crippen LogP contribution in [0.1, 0.15) is 51.9 Å². The van der Waals surface area contributed by atoms with E-state index in [1.165, 1.54) is 77.7 Å². The Labute approximate surface area is 118 Å². The lowest BCUT2D eigenvalue weighted by atomic mass is 9.88. The molecule has 0 radical (unpaired) electrons. The van der Waals surface area contributed by atoms with E-state index >= 15 is 0 Å². The van der Waals surface area contributed by atoms with E-state index in [2.05, 4.69) is 17.1 Å². The number of likely N-dealkylation sites (tertiary alicyclic amines) is 1. The van der Waals surface area contributed by atoms with Gasteiger partial charge in [0.05, 0.1) is 12.2 Å². The Balaban J connectivity index is 1.39. The van der Waals surface area contributed by atoms with Gasteiger partial charge in [-0.05, 0) is 44.1 Å². The van der Waals surface area contributed by atoms with Crippen molar-refractivity contribution in [2.75, 3.05) is 32.7 Å². The molecule has 19 heavy (non-hydrogen) atoms. The van der Waals surface area contributed by atoms with Crippen LogP contribution in [0.2, 0.25) is 0 Å². The van der Waals surface area contributed by atoms with Crippen LogP contribution in [0.25, 0.3) is 0 Å². The minimum absolute atomic E-state index is 0.513. The highest BCUT2D eigenvalue weighted by atomic mass is 16.5. The van der Waals surface area contributed by atoms with E-state index in [4.69, 9.17) is 4.74 Å². The molecule has 3 nitrogen and oxygen atoms in total. The minimum atomic E-state index is 0.513. The van der Waals surface area contributed by atoms with Crippen molar-refractivity contribution in [2.45, 2.75) is 64.1 Å². The van der Waals surface area contributed by atoms with E-state index in [1.807, 2.05) is 0 Å². The molecule has 110 valence electrons. The van der Waals surface area contributed by atoms with Gasteiger partial charge in [0, 0.05) is 26.2 Å². The first-order valence-corrected chi connectivity index (χ1v) is 8.32. The van der Waals surface area contributed by atoms with Crippen molar-refractivity contribution in [2.24, 2.45) is 5.41 Å². The standard InChI is InChI=1S/C16H30N2O/c1-16(8-9-17-12-16)13-18-10-6-15(7-11-18)19-14-4-2-3-5-14/h14-15,17H,2-13H2,1H3. The Bertz CT molecular complexity index is 274. The van der Waals surface area contributed by atoms with Gasteiger partial charge in [-0.15, -0.1) is 0 Å². The van der Waals surface area contributed by atoms with Crippen LogP contribution < -0.4 is 5.32 Å². The third-order valence-electron chi connectivity index (χ3n) is 5.28. The number of hydrogen-bond acceptors (Lipinski definition) is 3. The summed E-state index contributed by atoms with van der Waals surface area (Å²) in [6, 6.07) is 0. The van der Waals surface area contributed by atoms with Gasteiger partial charge in [0.25, 0.3) is 0 Å². The van der Waals surface area contributed by atoms with Crippen LogP contribution in [0.5, 0.6) is 0 Å². The monoisotopic (exact) mass is 266 g/mol. The fraction of sp³-hybridized carbons (Fsp3) is 1.00. The second kappa shape index (κ2) is 6.11. The van der Waals surface area contributed by atoms with Crippen LogP contribution in [-0.4, -0.2) is 49.8 Å². The zero-order valence-electron chi connectivity index (χ0n) is 12.5. The fourth-order valence-electron chi connectivity index (χ4n) is 4.04. The molecule has 0 amide bonds. The average Bonchev–Trinajstić information content (AvgIpc) is 3.04. The van der Waals surface area contributed by atoms with Gasteiger partial charge < -0.3 is 15.0 Å². The molecule has 0 bridgehead atoms. The van der Waals surface area contributed by atoms with E-state index < -0.39 is 0 Å². The summed E-state index contributed by atoms with van der Waals surface area (Å²) in [4.78, 5) is 2.67. The van der Waals surface area contributed by atoms with Crippen LogP contribution in [0.3, 0.4) is 0 Å². The summed E-state index contributed by atoms with van der Waals surface area (Å²) in [5.74, 6) is 0. The van der Waals surface area contributed by atoms with Gasteiger partial charge in [-0.3, -0.25) is 0 Å². The number of ether oxygens (including phenoxy) is 1. The van der Waals surface area contributed by atoms with E-state index in [0.717, 1.165) is 0 Å². The second-order valence-electron chi connectivity index (χ2n) is 7.26. The Morgan fingerprint density at radius 1 is 1.11 bits per heavy atom. The average molecular weight is 266 g/mol. The third-order valence-corrected chi connectivity index (χ3v) is 5.28. The van der Waals surface area contributed by atoms with E-state index in [9.17, 15) is 0 Å². The van der Waals surface area contributed by atoms with E-state index in [-0.39, 0.29) is 0 Å². The highest BCUT2D eigenvalue weighted by molar-refractivity contribution is 4.88. The summed E-state index contributed by atoms with van der Waals surface area (Å²) in [5.41, 5.74) is 0.513. The lowest BCUT2D eigenvalue weighted by Gasteiger charge is -2.37. The normalized spacial score (nSPS) is 35.2. The van der Waals surface area contributed by atoms with Crippen molar-refractivity contribution < 1.29 is 4.74 Å². The van der Waals surface area contributed by atoms with Gasteiger partial charge in [0.2, 0.25) is 0 Å². The molecule has 0 aromatic carbocycles. The van der Waals surface area contributed by atoms with Crippen molar-refractivity contribution in [3.05, 3.63) is 0 Å². The molecule has 3 heteroatoms. The molecule has 3 fully saturated rings. The van der Waals surface area contributed by atoms with Gasteiger partial charge in [-0.25, -0.2) is 0 Å². The molecule has 2 saturated heterocycles. The Kier molecular flexibility index (Phi) is 4.45. The highest BCUT2D eigenvalue weighted by Gasteiger charge is 2.32. The molecular formula is C16H30N2O.